The summed E-state index contributed by atoms with van der Waals surface area (Å²) in [5, 5.41) is 15.7. The number of rotatable bonds is 10. The lowest BCUT2D eigenvalue weighted by Gasteiger charge is -2.22. The Morgan fingerprint density at radius 3 is 2.65 bits per heavy atom. The molecule has 0 aliphatic heterocycles. The Hall–Kier alpha value is -1.24. The van der Waals surface area contributed by atoms with Crippen LogP contribution >= 0.6 is 0 Å². The first-order valence-corrected chi connectivity index (χ1v) is 6.35. The van der Waals surface area contributed by atoms with Crippen LogP contribution in [0.3, 0.4) is 0 Å². The molecule has 0 bridgehead atoms. The molecule has 0 fully saturated rings. The zero-order valence-electron chi connectivity index (χ0n) is 10.9. The van der Waals surface area contributed by atoms with E-state index in [0.29, 0.717) is 13.1 Å². The van der Waals surface area contributed by atoms with Crippen molar-refractivity contribution >= 4 is 0 Å². The molecule has 0 aromatic rings. The lowest BCUT2D eigenvalue weighted by atomic mass is 9.95. The third kappa shape index (κ3) is 8.56. The zero-order chi connectivity index (χ0) is 13.0. The van der Waals surface area contributed by atoms with E-state index < -0.39 is 5.54 Å². The number of nitrogens with zero attached hydrogens (tertiary/aromatic N) is 4. The van der Waals surface area contributed by atoms with Crippen molar-refractivity contribution in [3.05, 3.63) is 10.4 Å². The van der Waals surface area contributed by atoms with Crippen LogP contribution in [0.25, 0.3) is 10.4 Å². The molecule has 5 heteroatoms. The summed E-state index contributed by atoms with van der Waals surface area (Å²) in [6.45, 7) is 5.05. The fourth-order valence-corrected chi connectivity index (χ4v) is 1.69. The molecule has 0 aliphatic rings. The van der Waals surface area contributed by atoms with Gasteiger partial charge in [0.05, 0.1) is 6.07 Å². The van der Waals surface area contributed by atoms with E-state index in [-0.39, 0.29) is 0 Å². The molecule has 0 saturated heterocycles. The van der Waals surface area contributed by atoms with Gasteiger partial charge in [-0.2, -0.15) is 5.26 Å². The van der Waals surface area contributed by atoms with Gasteiger partial charge in [0, 0.05) is 18.0 Å². The summed E-state index contributed by atoms with van der Waals surface area (Å²) >= 11 is 0. The van der Waals surface area contributed by atoms with Gasteiger partial charge in [0.1, 0.15) is 5.54 Å². The third-order valence-corrected chi connectivity index (χ3v) is 2.82. The predicted octanol–water partition coefficient (Wildman–Crippen LogP) is 3.53. The van der Waals surface area contributed by atoms with Crippen molar-refractivity contribution < 1.29 is 0 Å². The fraction of sp³-hybridized carbons (Fsp3) is 0.917. The summed E-state index contributed by atoms with van der Waals surface area (Å²) in [6, 6.07) is 2.30. The minimum atomic E-state index is -0.489. The average molecular weight is 237 g/mol. The minimum Gasteiger partial charge on any atom is -0.299 e. The minimum absolute atomic E-state index is 0.392. The molecular weight excluding hydrogens is 214 g/mol. The average Bonchev–Trinajstić information content (AvgIpc) is 2.34. The van der Waals surface area contributed by atoms with Crippen molar-refractivity contribution in [2.24, 2.45) is 5.11 Å². The summed E-state index contributed by atoms with van der Waals surface area (Å²) in [5.74, 6) is 0. The Morgan fingerprint density at radius 1 is 1.35 bits per heavy atom. The topological polar surface area (TPSA) is 84.6 Å². The van der Waals surface area contributed by atoms with E-state index in [2.05, 4.69) is 28.3 Å². The van der Waals surface area contributed by atoms with Crippen molar-refractivity contribution in [3.63, 3.8) is 0 Å². The Bertz CT molecular complexity index is 277. The van der Waals surface area contributed by atoms with Crippen LogP contribution in [0.5, 0.6) is 0 Å². The highest BCUT2D eigenvalue weighted by Gasteiger charge is 2.21. The molecule has 1 atom stereocenters. The summed E-state index contributed by atoms with van der Waals surface area (Å²) in [6.07, 6.45) is 6.86. The highest BCUT2D eigenvalue weighted by atomic mass is 15.1. The Labute approximate surface area is 104 Å². The number of nitrogens with one attached hydrogen (secondary N) is 1. The third-order valence-electron chi connectivity index (χ3n) is 2.82. The number of hydrogen-bond acceptors (Lipinski definition) is 3. The largest absolute Gasteiger partial charge is 0.299 e. The second-order valence-corrected chi connectivity index (χ2v) is 4.49. The molecule has 0 rings (SSSR count). The molecule has 17 heavy (non-hydrogen) atoms. The lowest BCUT2D eigenvalue weighted by molar-refractivity contribution is 0.402. The smallest absolute Gasteiger partial charge is 0.103 e. The molecule has 0 spiro atoms. The summed E-state index contributed by atoms with van der Waals surface area (Å²) in [4.78, 5) is 2.68. The van der Waals surface area contributed by atoms with Gasteiger partial charge in [-0.25, -0.2) is 0 Å². The van der Waals surface area contributed by atoms with Crippen LogP contribution in [0, 0.1) is 11.3 Å². The number of nitriles is 1. The van der Waals surface area contributed by atoms with E-state index in [9.17, 15) is 0 Å². The molecule has 0 aliphatic carbocycles. The molecule has 0 radical (unpaired) electrons. The normalized spacial score (nSPS) is 13.5. The van der Waals surface area contributed by atoms with Gasteiger partial charge < -0.3 is 0 Å². The quantitative estimate of drug-likeness (QED) is 0.273. The van der Waals surface area contributed by atoms with Gasteiger partial charge in [-0.3, -0.25) is 5.32 Å². The van der Waals surface area contributed by atoms with Crippen LogP contribution in [0.4, 0.5) is 0 Å². The maximum atomic E-state index is 9.13. The molecule has 1 unspecified atom stereocenters. The first-order chi connectivity index (χ1) is 8.18. The summed E-state index contributed by atoms with van der Waals surface area (Å²) < 4.78 is 0. The molecule has 0 saturated carbocycles. The summed E-state index contributed by atoms with van der Waals surface area (Å²) in [7, 11) is 0. The van der Waals surface area contributed by atoms with Gasteiger partial charge in [-0.15, -0.1) is 0 Å². The Kier molecular flexibility index (Phi) is 9.22. The maximum Gasteiger partial charge on any atom is 0.103 e. The van der Waals surface area contributed by atoms with Gasteiger partial charge in [0.2, 0.25) is 0 Å². The zero-order valence-corrected chi connectivity index (χ0v) is 10.9. The molecule has 96 valence electrons. The van der Waals surface area contributed by atoms with Gasteiger partial charge in [0.15, 0.2) is 0 Å². The van der Waals surface area contributed by atoms with Gasteiger partial charge in [-0.05, 0) is 18.9 Å². The van der Waals surface area contributed by atoms with Crippen LogP contribution in [0.1, 0.15) is 52.4 Å². The lowest BCUT2D eigenvalue weighted by Crippen LogP contribution is -2.42. The highest BCUT2D eigenvalue weighted by Crippen LogP contribution is 2.14. The van der Waals surface area contributed by atoms with Gasteiger partial charge >= 0.3 is 0 Å². The van der Waals surface area contributed by atoms with E-state index in [1.807, 2.05) is 6.92 Å². The number of hydrogen-bond donors (Lipinski definition) is 1. The van der Waals surface area contributed by atoms with Crippen molar-refractivity contribution in [2.75, 3.05) is 13.1 Å². The van der Waals surface area contributed by atoms with Crippen LogP contribution in [-0.2, 0) is 0 Å². The van der Waals surface area contributed by atoms with Crippen molar-refractivity contribution in [2.45, 2.75) is 57.9 Å². The Morgan fingerprint density at radius 2 is 2.06 bits per heavy atom. The highest BCUT2D eigenvalue weighted by molar-refractivity contribution is 5.03. The van der Waals surface area contributed by atoms with Crippen molar-refractivity contribution in [1.82, 2.24) is 5.32 Å². The maximum absolute atomic E-state index is 9.13. The van der Waals surface area contributed by atoms with E-state index >= 15 is 0 Å². The van der Waals surface area contributed by atoms with E-state index in [1.165, 1.54) is 25.7 Å². The van der Waals surface area contributed by atoms with Crippen molar-refractivity contribution in [1.29, 1.82) is 5.26 Å². The summed E-state index contributed by atoms with van der Waals surface area (Å²) in [5.41, 5.74) is 7.65. The molecule has 0 aromatic carbocycles. The first kappa shape index (κ1) is 15.8. The second-order valence-electron chi connectivity index (χ2n) is 4.49. The predicted molar refractivity (Wildman–Crippen MR) is 69.4 cm³/mol. The number of unbranched alkanes of at least 4 members (excludes halogenated alkanes) is 4. The fourth-order valence-electron chi connectivity index (χ4n) is 1.69. The molecule has 1 N–H and O–H groups in total. The van der Waals surface area contributed by atoms with E-state index in [4.69, 9.17) is 10.8 Å². The van der Waals surface area contributed by atoms with E-state index in [0.717, 1.165) is 12.8 Å². The van der Waals surface area contributed by atoms with Gasteiger partial charge in [0.25, 0.3) is 0 Å². The molecular formula is C12H23N5. The standard InChI is InChI=1S/C12H23N5/c1-3-4-5-6-7-8-12(2,11-13)15-9-10-16-17-14/h15H,3-10H2,1-2H3. The molecule has 0 amide bonds. The SMILES string of the molecule is CCCCCCCC(C)(C#N)NCCN=[N+]=[N-]. The van der Waals surface area contributed by atoms with Crippen LogP contribution in [0.2, 0.25) is 0 Å². The van der Waals surface area contributed by atoms with Gasteiger partial charge in [-0.1, -0.05) is 44.1 Å². The van der Waals surface area contributed by atoms with Crippen LogP contribution in [0.15, 0.2) is 5.11 Å². The second kappa shape index (κ2) is 9.95. The van der Waals surface area contributed by atoms with E-state index in [1.54, 1.807) is 0 Å². The number of azide groups is 1. The first-order valence-electron chi connectivity index (χ1n) is 6.35. The van der Waals surface area contributed by atoms with Crippen LogP contribution in [-0.4, -0.2) is 18.6 Å². The molecule has 5 nitrogen and oxygen atoms in total. The Balaban J connectivity index is 3.77. The monoisotopic (exact) mass is 237 g/mol. The van der Waals surface area contributed by atoms with Crippen molar-refractivity contribution in [3.8, 4) is 6.07 Å². The molecule has 0 heterocycles. The van der Waals surface area contributed by atoms with Crippen LogP contribution < -0.4 is 5.32 Å². The molecule has 0 aromatic heterocycles.